The number of ether oxygens (including phenoxy) is 1. The van der Waals surface area contributed by atoms with Crippen LogP contribution in [0.2, 0.25) is 0 Å². The molecule has 1 atom stereocenters. The summed E-state index contributed by atoms with van der Waals surface area (Å²) in [5.41, 5.74) is 0.202. The molecule has 1 aliphatic carbocycles. The van der Waals surface area contributed by atoms with Gasteiger partial charge in [-0.25, -0.2) is 0 Å². The Morgan fingerprint density at radius 2 is 1.80 bits per heavy atom. The molecule has 1 aromatic carbocycles. The number of nitrogens with zero attached hydrogens (tertiary/aromatic N) is 1. The van der Waals surface area contributed by atoms with Crippen molar-refractivity contribution < 1.29 is 27.8 Å². The Morgan fingerprint density at radius 3 is 2.32 bits per heavy atom. The second kappa shape index (κ2) is 6.61. The van der Waals surface area contributed by atoms with E-state index in [1.165, 1.54) is 12.1 Å². The minimum absolute atomic E-state index is 0.0147. The van der Waals surface area contributed by atoms with Crippen LogP contribution in [0, 0.1) is 5.41 Å². The molecule has 0 aromatic heterocycles. The first kappa shape index (κ1) is 18.2. The lowest BCUT2D eigenvalue weighted by Gasteiger charge is -2.33. The number of rotatable bonds is 3. The standard InChI is InChI=1S/C18H22F3NO3/c1-25-15(18(19,20)21)12-2-4-13(5-3-12)22-11-10-17(16(22)24)8-6-14(23)7-9-17/h2-5,14-15,23H,6-11H2,1H3/t14?,15-,17?/m1/s1. The van der Waals surface area contributed by atoms with Crippen LogP contribution in [0.25, 0.3) is 0 Å². The van der Waals surface area contributed by atoms with Crippen molar-refractivity contribution in [3.05, 3.63) is 29.8 Å². The molecular weight excluding hydrogens is 335 g/mol. The van der Waals surface area contributed by atoms with E-state index >= 15 is 0 Å². The van der Waals surface area contributed by atoms with Gasteiger partial charge in [0.2, 0.25) is 5.91 Å². The molecule has 3 rings (SSSR count). The van der Waals surface area contributed by atoms with E-state index in [9.17, 15) is 23.1 Å². The van der Waals surface area contributed by atoms with Crippen LogP contribution in [0.5, 0.6) is 0 Å². The van der Waals surface area contributed by atoms with Crippen molar-refractivity contribution in [2.75, 3.05) is 18.6 Å². The van der Waals surface area contributed by atoms with Crippen molar-refractivity contribution in [1.29, 1.82) is 0 Å². The number of aliphatic hydroxyl groups excluding tert-OH is 1. The number of carbonyl (C=O) groups is 1. The zero-order chi connectivity index (χ0) is 18.2. The lowest BCUT2D eigenvalue weighted by atomic mass is 9.72. The number of hydrogen-bond acceptors (Lipinski definition) is 3. The number of benzene rings is 1. The summed E-state index contributed by atoms with van der Waals surface area (Å²) in [4.78, 5) is 14.5. The second-order valence-electron chi connectivity index (χ2n) is 6.97. The molecule has 1 spiro atoms. The van der Waals surface area contributed by atoms with Gasteiger partial charge in [-0.3, -0.25) is 4.79 Å². The summed E-state index contributed by atoms with van der Waals surface area (Å²) in [5.74, 6) is 0.0197. The average molecular weight is 357 g/mol. The van der Waals surface area contributed by atoms with E-state index in [1.54, 1.807) is 17.0 Å². The summed E-state index contributed by atoms with van der Waals surface area (Å²) < 4.78 is 43.3. The van der Waals surface area contributed by atoms with Crippen LogP contribution in [0.4, 0.5) is 18.9 Å². The summed E-state index contributed by atoms with van der Waals surface area (Å²) in [5, 5.41) is 9.66. The number of methoxy groups -OCH3 is 1. The highest BCUT2D eigenvalue weighted by molar-refractivity contribution is 5.99. The largest absolute Gasteiger partial charge is 0.418 e. The quantitative estimate of drug-likeness (QED) is 0.899. The van der Waals surface area contributed by atoms with Crippen LogP contribution in [-0.4, -0.2) is 36.9 Å². The van der Waals surface area contributed by atoms with Gasteiger partial charge in [0, 0.05) is 19.3 Å². The number of halogens is 3. The third-order valence-electron chi connectivity index (χ3n) is 5.47. The van der Waals surface area contributed by atoms with Gasteiger partial charge in [0.1, 0.15) is 0 Å². The zero-order valence-corrected chi connectivity index (χ0v) is 14.1. The van der Waals surface area contributed by atoms with Crippen LogP contribution in [0.15, 0.2) is 24.3 Å². The smallest absolute Gasteiger partial charge is 0.393 e. The van der Waals surface area contributed by atoms with Gasteiger partial charge < -0.3 is 14.7 Å². The highest BCUT2D eigenvalue weighted by Crippen LogP contribution is 2.46. The van der Waals surface area contributed by atoms with E-state index in [4.69, 9.17) is 0 Å². The predicted molar refractivity (Wildman–Crippen MR) is 86.1 cm³/mol. The van der Waals surface area contributed by atoms with Crippen molar-refractivity contribution in [3.8, 4) is 0 Å². The van der Waals surface area contributed by atoms with E-state index < -0.39 is 17.7 Å². The Morgan fingerprint density at radius 1 is 1.20 bits per heavy atom. The van der Waals surface area contributed by atoms with Crippen molar-refractivity contribution in [2.45, 2.75) is 50.5 Å². The SMILES string of the molecule is CO[C@H](c1ccc(N2CCC3(CCC(O)CC3)C2=O)cc1)C(F)(F)F. The van der Waals surface area contributed by atoms with E-state index in [1.807, 2.05) is 0 Å². The Hall–Kier alpha value is -1.60. The lowest BCUT2D eigenvalue weighted by molar-refractivity contribution is -0.215. The normalized spacial score (nSPS) is 28.6. The van der Waals surface area contributed by atoms with Crippen LogP contribution in [-0.2, 0) is 9.53 Å². The summed E-state index contributed by atoms with van der Waals surface area (Å²) in [6, 6.07) is 5.81. The fourth-order valence-electron chi connectivity index (χ4n) is 3.97. The molecule has 0 radical (unpaired) electrons. The molecule has 1 amide bonds. The van der Waals surface area contributed by atoms with Gasteiger partial charge in [-0.15, -0.1) is 0 Å². The number of hydrogen-bond donors (Lipinski definition) is 1. The maximum absolute atomic E-state index is 12.9. The number of amides is 1. The summed E-state index contributed by atoms with van der Waals surface area (Å²) in [6.45, 7) is 0.557. The molecule has 1 heterocycles. The summed E-state index contributed by atoms with van der Waals surface area (Å²) in [6.07, 6.45) is -3.47. The molecule has 7 heteroatoms. The summed E-state index contributed by atoms with van der Waals surface area (Å²) in [7, 11) is 1.03. The van der Waals surface area contributed by atoms with Crippen molar-refractivity contribution in [1.82, 2.24) is 0 Å². The maximum Gasteiger partial charge on any atom is 0.418 e. The van der Waals surface area contributed by atoms with E-state index in [0.29, 0.717) is 37.9 Å². The molecule has 2 fully saturated rings. The van der Waals surface area contributed by atoms with Gasteiger partial charge in [0.25, 0.3) is 0 Å². The first-order valence-corrected chi connectivity index (χ1v) is 8.46. The van der Waals surface area contributed by atoms with Crippen molar-refractivity contribution in [2.24, 2.45) is 5.41 Å². The summed E-state index contributed by atoms with van der Waals surface area (Å²) >= 11 is 0. The van der Waals surface area contributed by atoms with Crippen LogP contribution in [0.3, 0.4) is 0 Å². The molecule has 1 saturated carbocycles. The van der Waals surface area contributed by atoms with Crippen LogP contribution >= 0.6 is 0 Å². The third kappa shape index (κ3) is 3.40. The molecule has 2 aliphatic rings. The minimum Gasteiger partial charge on any atom is -0.393 e. The molecule has 1 N–H and O–H groups in total. The van der Waals surface area contributed by atoms with Crippen LogP contribution in [0.1, 0.15) is 43.8 Å². The molecular formula is C18H22F3NO3. The predicted octanol–water partition coefficient (Wildman–Crippen LogP) is 3.59. The van der Waals surface area contributed by atoms with Gasteiger partial charge >= 0.3 is 6.18 Å². The second-order valence-corrected chi connectivity index (χ2v) is 6.97. The average Bonchev–Trinajstić information content (AvgIpc) is 2.87. The fourth-order valence-corrected chi connectivity index (χ4v) is 3.97. The van der Waals surface area contributed by atoms with Gasteiger partial charge in [-0.05, 0) is 49.8 Å². The number of anilines is 1. The Kier molecular flexibility index (Phi) is 4.81. The number of aliphatic hydroxyl groups is 1. The van der Waals surface area contributed by atoms with Gasteiger partial charge in [0.15, 0.2) is 6.10 Å². The highest BCUT2D eigenvalue weighted by atomic mass is 19.4. The number of alkyl halides is 3. The van der Waals surface area contributed by atoms with E-state index in [2.05, 4.69) is 4.74 Å². The molecule has 138 valence electrons. The molecule has 1 aromatic rings. The topological polar surface area (TPSA) is 49.8 Å². The molecule has 1 aliphatic heterocycles. The first-order chi connectivity index (χ1) is 11.8. The van der Waals surface area contributed by atoms with E-state index in [-0.39, 0.29) is 17.6 Å². The van der Waals surface area contributed by atoms with Crippen molar-refractivity contribution in [3.63, 3.8) is 0 Å². The maximum atomic E-state index is 12.9. The van der Waals surface area contributed by atoms with Crippen molar-refractivity contribution >= 4 is 11.6 Å². The molecule has 0 unspecified atom stereocenters. The first-order valence-electron chi connectivity index (χ1n) is 8.46. The molecule has 1 saturated heterocycles. The molecule has 4 nitrogen and oxygen atoms in total. The molecule has 25 heavy (non-hydrogen) atoms. The minimum atomic E-state index is -4.48. The van der Waals surface area contributed by atoms with Gasteiger partial charge in [0.05, 0.1) is 11.5 Å². The third-order valence-corrected chi connectivity index (χ3v) is 5.47. The Labute approximate surface area is 144 Å². The van der Waals surface area contributed by atoms with Gasteiger partial charge in [-0.1, -0.05) is 12.1 Å². The highest BCUT2D eigenvalue weighted by Gasteiger charge is 2.48. The number of carbonyl (C=O) groups excluding carboxylic acids is 1. The van der Waals surface area contributed by atoms with E-state index in [0.717, 1.165) is 13.5 Å². The van der Waals surface area contributed by atoms with Gasteiger partial charge in [-0.2, -0.15) is 13.2 Å². The zero-order valence-electron chi connectivity index (χ0n) is 14.1. The lowest BCUT2D eigenvalue weighted by Crippen LogP contribution is -2.38. The Balaban J connectivity index is 1.76. The fraction of sp³-hybridized carbons (Fsp3) is 0.611. The Bertz CT molecular complexity index is 621. The van der Waals surface area contributed by atoms with Crippen LogP contribution < -0.4 is 4.90 Å². The monoisotopic (exact) mass is 357 g/mol. The molecule has 0 bridgehead atoms.